The van der Waals surface area contributed by atoms with E-state index in [0.717, 1.165) is 17.6 Å². The largest absolute Gasteiger partial charge is 0.496 e. The van der Waals surface area contributed by atoms with Crippen LogP contribution in [0.5, 0.6) is 5.75 Å². The van der Waals surface area contributed by atoms with Gasteiger partial charge in [0, 0.05) is 18.9 Å². The zero-order valence-electron chi connectivity index (χ0n) is 16.9. The molecular weight excluding hydrogens is 365 g/mol. The molecule has 0 aliphatic carbocycles. The number of methoxy groups -OCH3 is 2. The van der Waals surface area contributed by atoms with Crippen LogP contribution in [-0.2, 0) is 19.7 Å². The van der Waals surface area contributed by atoms with E-state index in [-0.39, 0.29) is 18.3 Å². The summed E-state index contributed by atoms with van der Waals surface area (Å²) in [6.45, 7) is 10.2. The second-order valence-electron chi connectivity index (χ2n) is 6.01. The van der Waals surface area contributed by atoms with E-state index in [1.807, 2.05) is 19.8 Å². The molecule has 1 aromatic carbocycles. The number of carbonyl (C=O) groups is 3. The topological polar surface area (TPSA) is 69.7 Å². The lowest BCUT2D eigenvalue weighted by atomic mass is 9.85. The van der Waals surface area contributed by atoms with E-state index in [4.69, 9.17) is 14.3 Å². The Labute approximate surface area is 158 Å². The molecule has 27 heavy (non-hydrogen) atoms. The van der Waals surface area contributed by atoms with Gasteiger partial charge >= 0.3 is 12.1 Å². The molecule has 5 nitrogen and oxygen atoms in total. The molecule has 0 aliphatic rings. The molecule has 0 saturated carbocycles. The standard InChI is InChI=1S/C13H18O3.C3H6O.C2H3F3.CH2O/c1-13(2,3)10-8-9(12(14)16-5)6-7-11(10)15-4;1-2-3-4;1-2(3,4)5;1-2/h6-8H,1-5H3;3H,2H2,1H3;1H3;1H2. The van der Waals surface area contributed by atoms with Gasteiger partial charge in [-0.2, -0.15) is 13.2 Å². The Balaban J connectivity index is -0.000000434. The molecule has 156 valence electrons. The molecule has 0 atom stereocenters. The third-order valence-corrected chi connectivity index (χ3v) is 2.60. The minimum Gasteiger partial charge on any atom is -0.496 e. The Morgan fingerprint density at radius 1 is 1.11 bits per heavy atom. The number of rotatable bonds is 3. The highest BCUT2D eigenvalue weighted by Gasteiger charge is 2.20. The normalized spacial score (nSPS) is 9.85. The van der Waals surface area contributed by atoms with Crippen molar-refractivity contribution in [3.63, 3.8) is 0 Å². The summed E-state index contributed by atoms with van der Waals surface area (Å²) in [4.78, 5) is 28.6. The van der Waals surface area contributed by atoms with Gasteiger partial charge < -0.3 is 19.1 Å². The maximum absolute atomic E-state index is 11.4. The molecule has 0 heterocycles. The summed E-state index contributed by atoms with van der Waals surface area (Å²) in [5.41, 5.74) is 1.47. The van der Waals surface area contributed by atoms with Crippen LogP contribution in [0.3, 0.4) is 0 Å². The quantitative estimate of drug-likeness (QED) is 0.546. The van der Waals surface area contributed by atoms with E-state index in [9.17, 15) is 22.8 Å². The first kappa shape index (κ1) is 29.4. The van der Waals surface area contributed by atoms with Gasteiger partial charge in [0.1, 0.15) is 18.8 Å². The molecular formula is C19H29F3O5. The van der Waals surface area contributed by atoms with Crippen molar-refractivity contribution in [2.75, 3.05) is 14.2 Å². The molecule has 0 bridgehead atoms. The van der Waals surface area contributed by atoms with Crippen molar-refractivity contribution in [3.05, 3.63) is 29.3 Å². The Bertz CT molecular complexity index is 543. The highest BCUT2D eigenvalue weighted by Crippen LogP contribution is 2.32. The van der Waals surface area contributed by atoms with E-state index in [0.29, 0.717) is 12.0 Å². The fourth-order valence-corrected chi connectivity index (χ4v) is 1.54. The number of esters is 1. The lowest BCUT2D eigenvalue weighted by molar-refractivity contribution is -0.110. The van der Waals surface area contributed by atoms with Crippen LogP contribution in [0.25, 0.3) is 0 Å². The fraction of sp³-hybridized carbons (Fsp3) is 0.526. The van der Waals surface area contributed by atoms with Crippen molar-refractivity contribution >= 4 is 19.0 Å². The van der Waals surface area contributed by atoms with Gasteiger partial charge in [-0.25, -0.2) is 4.79 Å². The smallest absolute Gasteiger partial charge is 0.386 e. The first-order chi connectivity index (χ1) is 12.3. The Morgan fingerprint density at radius 2 is 1.52 bits per heavy atom. The molecule has 0 amide bonds. The van der Waals surface area contributed by atoms with Crippen molar-refractivity contribution in [2.45, 2.75) is 52.6 Å². The zero-order valence-corrected chi connectivity index (χ0v) is 16.9. The summed E-state index contributed by atoms with van der Waals surface area (Å²) >= 11 is 0. The van der Waals surface area contributed by atoms with Gasteiger partial charge in [0.05, 0.1) is 19.8 Å². The van der Waals surface area contributed by atoms with E-state index < -0.39 is 6.18 Å². The summed E-state index contributed by atoms with van der Waals surface area (Å²) in [7, 11) is 3.01. The summed E-state index contributed by atoms with van der Waals surface area (Å²) < 4.78 is 41.0. The van der Waals surface area contributed by atoms with Gasteiger partial charge in [-0.1, -0.05) is 27.7 Å². The Hall–Kier alpha value is -2.38. The number of alkyl halides is 3. The van der Waals surface area contributed by atoms with Crippen LogP contribution >= 0.6 is 0 Å². The molecule has 8 heteroatoms. The van der Waals surface area contributed by atoms with Gasteiger partial charge in [-0.3, -0.25) is 0 Å². The summed E-state index contributed by atoms with van der Waals surface area (Å²) in [6.07, 6.45) is -2.49. The van der Waals surface area contributed by atoms with Crippen LogP contribution in [0.1, 0.15) is 57.0 Å². The van der Waals surface area contributed by atoms with Crippen LogP contribution in [0.4, 0.5) is 13.2 Å². The monoisotopic (exact) mass is 394 g/mol. The number of hydrogen-bond donors (Lipinski definition) is 0. The van der Waals surface area contributed by atoms with Crippen LogP contribution in [-0.4, -0.2) is 39.4 Å². The highest BCUT2D eigenvalue weighted by atomic mass is 19.4. The Morgan fingerprint density at radius 3 is 1.78 bits per heavy atom. The summed E-state index contributed by atoms with van der Waals surface area (Å²) in [5, 5.41) is 0. The molecule has 0 fully saturated rings. The van der Waals surface area contributed by atoms with Crippen molar-refractivity contribution < 1.29 is 37.0 Å². The van der Waals surface area contributed by atoms with Gasteiger partial charge in [0.25, 0.3) is 0 Å². The zero-order chi connectivity index (χ0) is 22.3. The minimum absolute atomic E-state index is 0.0740. The van der Waals surface area contributed by atoms with Crippen molar-refractivity contribution in [1.82, 2.24) is 0 Å². The average molecular weight is 394 g/mol. The second-order valence-corrected chi connectivity index (χ2v) is 6.01. The average Bonchev–Trinajstić information content (AvgIpc) is 2.60. The van der Waals surface area contributed by atoms with E-state index in [2.05, 4.69) is 20.8 Å². The molecule has 0 aromatic heterocycles. The SMILES string of the molecule is C=O.CC(F)(F)F.CCC=O.COC(=O)c1ccc(OC)c(C(C)(C)C)c1. The molecule has 0 unspecified atom stereocenters. The molecule has 1 aromatic rings. The van der Waals surface area contributed by atoms with Gasteiger partial charge in [-0.15, -0.1) is 0 Å². The van der Waals surface area contributed by atoms with Crippen LogP contribution in [0.15, 0.2) is 18.2 Å². The lowest BCUT2D eigenvalue weighted by Crippen LogP contribution is -2.14. The summed E-state index contributed by atoms with van der Waals surface area (Å²) in [6, 6.07) is 5.33. The number of ether oxygens (including phenoxy) is 2. The first-order valence-corrected chi connectivity index (χ1v) is 7.87. The fourth-order valence-electron chi connectivity index (χ4n) is 1.54. The third-order valence-electron chi connectivity index (χ3n) is 2.60. The molecule has 1 rings (SSSR count). The number of halogens is 3. The van der Waals surface area contributed by atoms with E-state index >= 15 is 0 Å². The maximum Gasteiger partial charge on any atom is 0.386 e. The van der Waals surface area contributed by atoms with E-state index in [1.165, 1.54) is 7.11 Å². The van der Waals surface area contributed by atoms with E-state index in [1.54, 1.807) is 19.2 Å². The van der Waals surface area contributed by atoms with Gasteiger partial charge in [0.15, 0.2) is 0 Å². The second kappa shape index (κ2) is 14.8. The van der Waals surface area contributed by atoms with Crippen LogP contribution in [0, 0.1) is 0 Å². The molecule has 0 spiro atoms. The van der Waals surface area contributed by atoms with Crippen molar-refractivity contribution in [3.8, 4) is 5.75 Å². The van der Waals surface area contributed by atoms with Crippen molar-refractivity contribution in [2.24, 2.45) is 0 Å². The minimum atomic E-state index is -4.00. The van der Waals surface area contributed by atoms with Gasteiger partial charge in [-0.05, 0) is 23.6 Å². The molecule has 0 aliphatic heterocycles. The number of carbonyl (C=O) groups excluding carboxylic acids is 3. The molecule has 0 radical (unpaired) electrons. The van der Waals surface area contributed by atoms with Gasteiger partial charge in [0.2, 0.25) is 0 Å². The maximum atomic E-state index is 11.4. The molecule has 0 N–H and O–H groups in total. The predicted octanol–water partition coefficient (Wildman–Crippen LogP) is 4.76. The van der Waals surface area contributed by atoms with Crippen molar-refractivity contribution in [1.29, 1.82) is 0 Å². The first-order valence-electron chi connectivity index (χ1n) is 7.87. The number of aldehydes is 1. The van der Waals surface area contributed by atoms with Crippen LogP contribution in [0.2, 0.25) is 0 Å². The lowest BCUT2D eigenvalue weighted by Gasteiger charge is -2.22. The number of hydrogen-bond acceptors (Lipinski definition) is 5. The highest BCUT2D eigenvalue weighted by molar-refractivity contribution is 5.89. The molecule has 0 saturated heterocycles. The number of benzene rings is 1. The van der Waals surface area contributed by atoms with Crippen LogP contribution < -0.4 is 4.74 Å². The Kier molecular flexibility index (Phi) is 16.1. The predicted molar refractivity (Wildman–Crippen MR) is 98.2 cm³/mol. The third kappa shape index (κ3) is 16.8. The summed E-state index contributed by atoms with van der Waals surface area (Å²) in [5.74, 6) is 0.466.